The first-order valence-electron chi connectivity index (χ1n) is 9.93. The lowest BCUT2D eigenvalue weighted by Crippen LogP contribution is -2.38. The summed E-state index contributed by atoms with van der Waals surface area (Å²) in [5.74, 6) is -1.92. The fraction of sp³-hybridized carbons (Fsp3) is 0.476. The molecule has 1 amide bonds. The van der Waals surface area contributed by atoms with E-state index in [1.165, 1.54) is 12.8 Å². The van der Waals surface area contributed by atoms with Gasteiger partial charge in [-0.25, -0.2) is 9.48 Å². The third-order valence-electron chi connectivity index (χ3n) is 4.94. The van der Waals surface area contributed by atoms with E-state index < -0.39 is 12.1 Å². The van der Waals surface area contributed by atoms with Crippen molar-refractivity contribution in [2.24, 2.45) is 11.7 Å². The predicted molar refractivity (Wildman–Crippen MR) is 109 cm³/mol. The van der Waals surface area contributed by atoms with Gasteiger partial charge in [0.05, 0.1) is 17.8 Å². The molecule has 7 nitrogen and oxygen atoms in total. The number of aryl methyl sites for hydroxylation is 1. The summed E-state index contributed by atoms with van der Waals surface area (Å²) in [6.07, 6.45) is -2.21. The number of carbonyl (C=O) groups is 2. The third kappa shape index (κ3) is 7.09. The third-order valence-corrected chi connectivity index (χ3v) is 4.94. The van der Waals surface area contributed by atoms with Gasteiger partial charge >= 0.3 is 12.1 Å². The molecule has 0 unspecified atom stereocenters. The van der Waals surface area contributed by atoms with Crippen molar-refractivity contribution < 1.29 is 27.9 Å². The monoisotopic (exact) mass is 440 g/mol. The fourth-order valence-corrected chi connectivity index (χ4v) is 3.10. The van der Waals surface area contributed by atoms with Crippen molar-refractivity contribution in [1.82, 2.24) is 14.7 Å². The summed E-state index contributed by atoms with van der Waals surface area (Å²) in [7, 11) is 0. The molecule has 1 aromatic heterocycles. The summed E-state index contributed by atoms with van der Waals surface area (Å²) in [5.41, 5.74) is 9.69. The molecule has 2 aromatic rings. The number of carboxylic acids is 1. The molecule has 0 saturated heterocycles. The quantitative estimate of drug-likeness (QED) is 0.690. The number of aliphatic carboxylic acids is 1. The summed E-state index contributed by atoms with van der Waals surface area (Å²) in [5, 5.41) is 11.8. The summed E-state index contributed by atoms with van der Waals surface area (Å²) in [4.78, 5) is 23.6. The number of para-hydroxylation sites is 1. The van der Waals surface area contributed by atoms with Crippen molar-refractivity contribution in [3.63, 3.8) is 0 Å². The molecule has 1 saturated carbocycles. The molecule has 10 heteroatoms. The van der Waals surface area contributed by atoms with Gasteiger partial charge in [-0.2, -0.15) is 18.3 Å². The molecule has 1 aromatic carbocycles. The molecular weight excluding hydrogens is 413 g/mol. The van der Waals surface area contributed by atoms with E-state index in [0.29, 0.717) is 25.4 Å². The number of hydrogen-bond donors (Lipinski definition) is 2. The minimum atomic E-state index is -5.08. The van der Waals surface area contributed by atoms with Gasteiger partial charge in [0.2, 0.25) is 5.91 Å². The van der Waals surface area contributed by atoms with Crippen molar-refractivity contribution >= 4 is 11.9 Å². The van der Waals surface area contributed by atoms with E-state index in [-0.39, 0.29) is 5.91 Å². The van der Waals surface area contributed by atoms with Gasteiger partial charge in [0, 0.05) is 30.9 Å². The summed E-state index contributed by atoms with van der Waals surface area (Å²) in [6, 6.07) is 10.0. The van der Waals surface area contributed by atoms with E-state index in [1.54, 1.807) is 0 Å². The van der Waals surface area contributed by atoms with E-state index >= 15 is 0 Å². The van der Waals surface area contributed by atoms with Crippen LogP contribution in [-0.2, 0) is 16.0 Å². The van der Waals surface area contributed by atoms with Gasteiger partial charge in [-0.3, -0.25) is 4.79 Å². The van der Waals surface area contributed by atoms with Crippen LogP contribution < -0.4 is 5.73 Å². The standard InChI is InChI=1S/C19H26N4O.C2HF3O2/c1-14-18(12-19(24)22(11-10-20)13-16-8-9-16)15(2)23(21-14)17-6-4-3-5-7-17;3-2(4,5)1(6)7/h3-7,16H,8-13,20H2,1-2H3;(H,6,7). The summed E-state index contributed by atoms with van der Waals surface area (Å²) >= 11 is 0. The Morgan fingerprint density at radius 1 is 1.23 bits per heavy atom. The van der Waals surface area contributed by atoms with Crippen molar-refractivity contribution in [2.75, 3.05) is 19.6 Å². The van der Waals surface area contributed by atoms with Crippen molar-refractivity contribution in [3.05, 3.63) is 47.3 Å². The van der Waals surface area contributed by atoms with E-state index in [0.717, 1.165) is 29.2 Å². The van der Waals surface area contributed by atoms with E-state index in [2.05, 4.69) is 5.10 Å². The molecule has 170 valence electrons. The van der Waals surface area contributed by atoms with Gasteiger partial charge in [0.25, 0.3) is 0 Å². The minimum Gasteiger partial charge on any atom is -0.475 e. The number of carbonyl (C=O) groups excluding carboxylic acids is 1. The second-order valence-electron chi connectivity index (χ2n) is 7.45. The Morgan fingerprint density at radius 2 is 1.81 bits per heavy atom. The Bertz CT molecular complexity index is 893. The molecule has 0 radical (unpaired) electrons. The minimum absolute atomic E-state index is 0.158. The largest absolute Gasteiger partial charge is 0.490 e. The van der Waals surface area contributed by atoms with Crippen LogP contribution in [-0.4, -0.2) is 57.5 Å². The maximum Gasteiger partial charge on any atom is 0.490 e. The maximum atomic E-state index is 12.7. The molecule has 3 N–H and O–H groups in total. The second kappa shape index (κ2) is 10.4. The fourth-order valence-electron chi connectivity index (χ4n) is 3.10. The van der Waals surface area contributed by atoms with Gasteiger partial charge in [-0.15, -0.1) is 0 Å². The zero-order chi connectivity index (χ0) is 23.2. The molecule has 31 heavy (non-hydrogen) atoms. The smallest absolute Gasteiger partial charge is 0.475 e. The second-order valence-corrected chi connectivity index (χ2v) is 7.45. The van der Waals surface area contributed by atoms with E-state index in [4.69, 9.17) is 15.6 Å². The number of hydrogen-bond acceptors (Lipinski definition) is 4. The van der Waals surface area contributed by atoms with Crippen molar-refractivity contribution in [3.8, 4) is 5.69 Å². The van der Waals surface area contributed by atoms with Crippen LogP contribution in [0, 0.1) is 19.8 Å². The number of nitrogens with zero attached hydrogens (tertiary/aromatic N) is 3. The zero-order valence-electron chi connectivity index (χ0n) is 17.5. The number of aromatic nitrogens is 2. The van der Waals surface area contributed by atoms with E-state index in [1.807, 2.05) is 53.8 Å². The van der Waals surface area contributed by atoms with Crippen molar-refractivity contribution in [1.29, 1.82) is 0 Å². The van der Waals surface area contributed by atoms with Crippen molar-refractivity contribution in [2.45, 2.75) is 39.3 Å². The lowest BCUT2D eigenvalue weighted by Gasteiger charge is -2.22. The normalized spacial score (nSPS) is 13.4. The highest BCUT2D eigenvalue weighted by Crippen LogP contribution is 2.30. The summed E-state index contributed by atoms with van der Waals surface area (Å²) < 4.78 is 33.7. The number of amides is 1. The molecule has 1 aliphatic rings. The first-order valence-corrected chi connectivity index (χ1v) is 9.93. The van der Waals surface area contributed by atoms with Gasteiger partial charge < -0.3 is 15.7 Å². The lowest BCUT2D eigenvalue weighted by molar-refractivity contribution is -0.192. The number of alkyl halides is 3. The maximum absolute atomic E-state index is 12.7. The Morgan fingerprint density at radius 3 is 2.29 bits per heavy atom. The number of benzene rings is 1. The Hall–Kier alpha value is -2.88. The van der Waals surface area contributed by atoms with Gasteiger partial charge in [0.15, 0.2) is 0 Å². The predicted octanol–water partition coefficient (Wildman–Crippen LogP) is 2.86. The number of nitrogens with two attached hydrogens (primary N) is 1. The number of halogens is 3. The molecule has 1 aliphatic carbocycles. The first-order chi connectivity index (χ1) is 14.5. The first kappa shape index (κ1) is 24.4. The van der Waals surface area contributed by atoms with Crippen LogP contribution in [0.4, 0.5) is 13.2 Å². The molecular formula is C21H27F3N4O3. The average molecular weight is 440 g/mol. The molecule has 0 spiro atoms. The van der Waals surface area contributed by atoms with Gasteiger partial charge in [0.1, 0.15) is 0 Å². The molecule has 0 atom stereocenters. The molecule has 1 fully saturated rings. The topological polar surface area (TPSA) is 101 Å². The summed E-state index contributed by atoms with van der Waals surface area (Å²) in [6.45, 7) is 6.01. The van der Waals surface area contributed by atoms with Crippen LogP contribution in [0.3, 0.4) is 0 Å². The highest BCUT2D eigenvalue weighted by atomic mass is 19.4. The molecule has 1 heterocycles. The average Bonchev–Trinajstić information content (AvgIpc) is 3.49. The van der Waals surface area contributed by atoms with Crippen LogP contribution in [0.5, 0.6) is 0 Å². The van der Waals surface area contributed by atoms with E-state index in [9.17, 15) is 18.0 Å². The number of rotatable bonds is 7. The van der Waals surface area contributed by atoms with Crippen LogP contribution in [0.15, 0.2) is 30.3 Å². The molecule has 3 rings (SSSR count). The Labute approximate surface area is 178 Å². The Balaban J connectivity index is 0.000000423. The highest BCUT2D eigenvalue weighted by molar-refractivity contribution is 5.79. The Kier molecular flexibility index (Phi) is 8.21. The van der Waals surface area contributed by atoms with Crippen LogP contribution in [0.2, 0.25) is 0 Å². The number of carboxylic acid groups (broad SMARTS) is 1. The lowest BCUT2D eigenvalue weighted by atomic mass is 10.1. The van der Waals surface area contributed by atoms with Gasteiger partial charge in [-0.1, -0.05) is 18.2 Å². The van der Waals surface area contributed by atoms with Crippen LogP contribution in [0.25, 0.3) is 5.69 Å². The van der Waals surface area contributed by atoms with Crippen LogP contribution in [0.1, 0.15) is 29.8 Å². The SMILES string of the molecule is Cc1nn(-c2ccccc2)c(C)c1CC(=O)N(CCN)CC1CC1.O=C(O)C(F)(F)F. The molecule has 0 aliphatic heterocycles. The van der Waals surface area contributed by atoms with Crippen LogP contribution >= 0.6 is 0 Å². The van der Waals surface area contributed by atoms with Gasteiger partial charge in [-0.05, 0) is 44.7 Å². The zero-order valence-corrected chi connectivity index (χ0v) is 17.5. The molecule has 0 bridgehead atoms. The highest BCUT2D eigenvalue weighted by Gasteiger charge is 2.38.